The Kier molecular flexibility index (Phi) is 5.50. The van der Waals surface area contributed by atoms with Gasteiger partial charge in [-0.15, -0.1) is 0 Å². The van der Waals surface area contributed by atoms with E-state index in [1.54, 1.807) is 0 Å². The number of phenols is 1. The summed E-state index contributed by atoms with van der Waals surface area (Å²) in [5, 5.41) is 10.1. The van der Waals surface area contributed by atoms with Gasteiger partial charge < -0.3 is 18.6 Å². The van der Waals surface area contributed by atoms with Crippen LogP contribution in [0.25, 0.3) is 0 Å². The van der Waals surface area contributed by atoms with Crippen LogP contribution in [0.4, 0.5) is 0 Å². The third-order valence-electron chi connectivity index (χ3n) is 3.79. The second-order valence-electron chi connectivity index (χ2n) is 5.38. The summed E-state index contributed by atoms with van der Waals surface area (Å²) in [6.45, 7) is 1.43. The Labute approximate surface area is 171 Å². The van der Waals surface area contributed by atoms with Crippen molar-refractivity contribution in [3.05, 3.63) is 52.1 Å². The van der Waals surface area contributed by atoms with Gasteiger partial charge >= 0.3 is 29.6 Å². The summed E-state index contributed by atoms with van der Waals surface area (Å²) < 4.78 is 41.7. The fraction of sp³-hybridized carbons (Fsp3) is 0.125. The van der Waals surface area contributed by atoms with Crippen LogP contribution in [0.15, 0.2) is 24.3 Å². The molecule has 2 aromatic carbocycles. The van der Waals surface area contributed by atoms with Crippen molar-refractivity contribution in [2.24, 2.45) is 0 Å². The molecule has 8 nitrogen and oxygen atoms in total. The number of phenolic OH excluding ortho intramolecular Hbond substituents is 1. The van der Waals surface area contributed by atoms with Gasteiger partial charge in [0.05, 0.1) is 12.7 Å². The van der Waals surface area contributed by atoms with Crippen LogP contribution in [0.2, 0.25) is 0 Å². The number of carbonyl (C=O) groups excluding carboxylic acids is 2. The molecule has 0 atom stereocenters. The number of hydrogen-bond acceptors (Lipinski definition) is 8. The molecule has 1 aliphatic rings. The summed E-state index contributed by atoms with van der Waals surface area (Å²) in [5.74, 6) is -1.84. The van der Waals surface area contributed by atoms with E-state index in [4.69, 9.17) is 4.74 Å². The zero-order chi connectivity index (χ0) is 18.5. The van der Waals surface area contributed by atoms with Crippen LogP contribution in [-0.4, -0.2) is 36.8 Å². The minimum atomic E-state index is -5.05. The number of aryl methyl sites for hydroxylation is 1. The van der Waals surface area contributed by atoms with E-state index in [0.717, 1.165) is 6.07 Å². The van der Waals surface area contributed by atoms with Crippen LogP contribution < -0.4 is 38.5 Å². The van der Waals surface area contributed by atoms with Gasteiger partial charge in [-0.3, -0.25) is 9.59 Å². The van der Waals surface area contributed by atoms with Crippen molar-refractivity contribution in [1.29, 1.82) is 0 Å². The van der Waals surface area contributed by atoms with Crippen LogP contribution >= 0.6 is 0 Å². The summed E-state index contributed by atoms with van der Waals surface area (Å²) in [6.07, 6.45) is 0. The molecule has 26 heavy (non-hydrogen) atoms. The molecule has 0 radical (unpaired) electrons. The Morgan fingerprint density at radius 1 is 1.00 bits per heavy atom. The molecule has 1 aliphatic carbocycles. The zero-order valence-corrected chi connectivity index (χ0v) is 16.8. The van der Waals surface area contributed by atoms with Gasteiger partial charge in [0.25, 0.3) is 10.4 Å². The molecule has 0 heterocycles. The molecule has 10 heteroatoms. The quantitative estimate of drug-likeness (QED) is 0.321. The van der Waals surface area contributed by atoms with E-state index in [2.05, 4.69) is 4.18 Å². The number of fused-ring (bicyclic) bond motifs is 2. The van der Waals surface area contributed by atoms with Crippen molar-refractivity contribution in [3.8, 4) is 17.2 Å². The van der Waals surface area contributed by atoms with E-state index in [-0.39, 0.29) is 68.9 Å². The molecule has 2 aromatic rings. The van der Waals surface area contributed by atoms with Crippen molar-refractivity contribution >= 4 is 22.0 Å². The monoisotopic (exact) mass is 386 g/mol. The molecule has 0 fully saturated rings. The maximum Gasteiger partial charge on any atom is 1.00 e. The predicted molar refractivity (Wildman–Crippen MR) is 83.0 cm³/mol. The average Bonchev–Trinajstić information content (AvgIpc) is 2.52. The van der Waals surface area contributed by atoms with Gasteiger partial charge in [-0.2, -0.15) is 0 Å². The zero-order valence-electron chi connectivity index (χ0n) is 14.0. The normalized spacial score (nSPS) is 12.7. The van der Waals surface area contributed by atoms with E-state index in [1.165, 1.54) is 32.2 Å². The number of benzene rings is 2. The van der Waals surface area contributed by atoms with Gasteiger partial charge in [0.2, 0.25) is 0 Å². The summed E-state index contributed by atoms with van der Waals surface area (Å²) in [4.78, 5) is 25.3. The average molecular weight is 386 g/mol. The molecular formula is C16H11NaO8S. The van der Waals surface area contributed by atoms with Gasteiger partial charge in [-0.1, -0.05) is 0 Å². The van der Waals surface area contributed by atoms with Crippen molar-refractivity contribution in [2.75, 3.05) is 7.11 Å². The Morgan fingerprint density at radius 3 is 2.19 bits per heavy atom. The van der Waals surface area contributed by atoms with Crippen LogP contribution in [0.1, 0.15) is 37.4 Å². The number of hydrogen-bond donors (Lipinski definition) is 1. The minimum Gasteiger partial charge on any atom is -0.716 e. The summed E-state index contributed by atoms with van der Waals surface area (Å²) in [5.41, 5.74) is -0.215. The van der Waals surface area contributed by atoms with Gasteiger partial charge in [0.15, 0.2) is 11.6 Å². The first-order valence-electron chi connectivity index (χ1n) is 6.92. The maximum atomic E-state index is 12.7. The third-order valence-corrected chi connectivity index (χ3v) is 4.18. The van der Waals surface area contributed by atoms with Crippen molar-refractivity contribution in [3.63, 3.8) is 0 Å². The number of carbonyl (C=O) groups is 2. The fourth-order valence-corrected chi connectivity index (χ4v) is 3.08. The third kappa shape index (κ3) is 3.49. The van der Waals surface area contributed by atoms with E-state index in [9.17, 15) is 27.7 Å². The van der Waals surface area contributed by atoms with E-state index in [0.29, 0.717) is 0 Å². The number of ether oxygens (including phenoxy) is 1. The van der Waals surface area contributed by atoms with E-state index in [1.807, 2.05) is 0 Å². The maximum absolute atomic E-state index is 12.7. The smallest absolute Gasteiger partial charge is 0.716 e. The number of aromatic hydroxyl groups is 1. The number of methoxy groups -OCH3 is 1. The van der Waals surface area contributed by atoms with Crippen LogP contribution in [-0.2, 0) is 10.4 Å². The number of rotatable bonds is 3. The van der Waals surface area contributed by atoms with E-state index >= 15 is 0 Å². The molecule has 0 saturated carbocycles. The van der Waals surface area contributed by atoms with E-state index < -0.39 is 27.7 Å². The first-order valence-corrected chi connectivity index (χ1v) is 8.26. The standard InChI is InChI=1S/C16H12O8S.Na/c1-7-3-9-10(6-13(7)24-25(20,21)22)16(19)14-11(15(9)18)4-8(23-2)5-12(14)17;/h3-6,17H,1-2H3,(H,20,21,22);/q;+1/p-1. The Hall–Kier alpha value is -1.91. The number of ketones is 2. The largest absolute Gasteiger partial charge is 1.00 e. The molecule has 0 unspecified atom stereocenters. The second-order valence-corrected chi connectivity index (χ2v) is 6.37. The molecule has 0 amide bonds. The molecule has 0 aliphatic heterocycles. The van der Waals surface area contributed by atoms with Gasteiger partial charge in [-0.25, -0.2) is 8.42 Å². The van der Waals surface area contributed by atoms with Crippen molar-refractivity contribution < 1.29 is 66.1 Å². The summed E-state index contributed by atoms with van der Waals surface area (Å²) in [6, 6.07) is 4.78. The SMILES string of the molecule is COc1cc(O)c2c(c1)C(=O)c1cc(C)c(OS(=O)(=O)[O-])cc1C2=O.[Na+]. The first-order chi connectivity index (χ1) is 11.6. The molecule has 1 N–H and O–H groups in total. The summed E-state index contributed by atoms with van der Waals surface area (Å²) >= 11 is 0. The molecule has 0 bridgehead atoms. The fourth-order valence-electron chi connectivity index (χ4n) is 2.68. The van der Waals surface area contributed by atoms with Gasteiger partial charge in [0, 0.05) is 22.8 Å². The topological polar surface area (TPSA) is 130 Å². The Balaban J connectivity index is 0.00000243. The van der Waals surface area contributed by atoms with Crippen LogP contribution in [0.3, 0.4) is 0 Å². The molecule has 0 saturated heterocycles. The molecular weight excluding hydrogens is 375 g/mol. The van der Waals surface area contributed by atoms with Crippen LogP contribution in [0, 0.1) is 6.92 Å². The Morgan fingerprint density at radius 2 is 1.62 bits per heavy atom. The van der Waals surface area contributed by atoms with Crippen molar-refractivity contribution in [1.82, 2.24) is 0 Å². The summed E-state index contributed by atoms with van der Waals surface area (Å²) in [7, 11) is -3.70. The predicted octanol–water partition coefficient (Wildman–Crippen LogP) is -1.67. The van der Waals surface area contributed by atoms with Gasteiger partial charge in [0.1, 0.15) is 17.2 Å². The Bertz CT molecular complexity index is 1040. The second kappa shape index (κ2) is 7.01. The molecule has 130 valence electrons. The van der Waals surface area contributed by atoms with Crippen LogP contribution in [0.5, 0.6) is 17.2 Å². The molecule has 3 rings (SSSR count). The van der Waals surface area contributed by atoms with Crippen molar-refractivity contribution in [2.45, 2.75) is 6.92 Å². The molecule has 0 aromatic heterocycles. The van der Waals surface area contributed by atoms with Gasteiger partial charge in [-0.05, 0) is 30.7 Å². The minimum absolute atomic E-state index is 0. The first kappa shape index (κ1) is 20.4. The molecule has 0 spiro atoms.